The molecule has 0 aromatic heterocycles. The van der Waals surface area contributed by atoms with Crippen LogP contribution in [-0.4, -0.2) is 40.6 Å². The second kappa shape index (κ2) is 13.3. The fraction of sp³-hybridized carbons (Fsp3) is 0.296. The average Bonchev–Trinajstić information content (AvgIpc) is 2.87. The van der Waals surface area contributed by atoms with Gasteiger partial charge < -0.3 is 14.8 Å². The SMILES string of the molecule is CCCc1ccc(OCCNC(=O)CN(c2ccc(OCC)cc2)S(=O)(=O)c2ccc(Br)cc2)cc1. The fourth-order valence-corrected chi connectivity index (χ4v) is 5.20. The van der Waals surface area contributed by atoms with Crippen LogP contribution in [0.4, 0.5) is 5.69 Å². The Morgan fingerprint density at radius 3 is 2.11 bits per heavy atom. The van der Waals surface area contributed by atoms with Gasteiger partial charge in [0.25, 0.3) is 10.0 Å². The summed E-state index contributed by atoms with van der Waals surface area (Å²) in [5, 5.41) is 2.75. The summed E-state index contributed by atoms with van der Waals surface area (Å²) >= 11 is 3.32. The van der Waals surface area contributed by atoms with E-state index < -0.39 is 15.9 Å². The van der Waals surface area contributed by atoms with E-state index in [2.05, 4.69) is 28.2 Å². The van der Waals surface area contributed by atoms with Gasteiger partial charge in [-0.1, -0.05) is 41.4 Å². The molecule has 0 heterocycles. The van der Waals surface area contributed by atoms with Gasteiger partial charge in [-0.05, 0) is 79.6 Å². The third kappa shape index (κ3) is 7.73. The summed E-state index contributed by atoms with van der Waals surface area (Å²) < 4.78 is 39.9. The zero-order valence-electron chi connectivity index (χ0n) is 20.4. The van der Waals surface area contributed by atoms with Crippen molar-refractivity contribution in [3.8, 4) is 11.5 Å². The maximum atomic E-state index is 13.5. The minimum absolute atomic E-state index is 0.0854. The molecule has 36 heavy (non-hydrogen) atoms. The van der Waals surface area contributed by atoms with E-state index in [0.29, 0.717) is 18.0 Å². The molecule has 0 aliphatic heterocycles. The third-order valence-corrected chi connectivity index (χ3v) is 7.60. The van der Waals surface area contributed by atoms with Gasteiger partial charge in [0.2, 0.25) is 5.91 Å². The zero-order chi connectivity index (χ0) is 26.0. The molecule has 0 saturated heterocycles. The van der Waals surface area contributed by atoms with Crippen LogP contribution in [0.1, 0.15) is 25.8 Å². The molecular formula is C27H31BrN2O5S. The van der Waals surface area contributed by atoms with Crippen molar-refractivity contribution in [1.29, 1.82) is 0 Å². The number of ether oxygens (including phenoxy) is 2. The number of benzene rings is 3. The minimum Gasteiger partial charge on any atom is -0.494 e. The second-order valence-corrected chi connectivity index (χ2v) is 10.8. The molecule has 3 aromatic rings. The van der Waals surface area contributed by atoms with Crippen LogP contribution in [0.15, 0.2) is 82.2 Å². The smallest absolute Gasteiger partial charge is 0.264 e. The number of nitrogens with zero attached hydrogens (tertiary/aromatic N) is 1. The van der Waals surface area contributed by atoms with Crippen LogP contribution >= 0.6 is 15.9 Å². The molecule has 1 amide bonds. The first-order valence-corrected chi connectivity index (χ1v) is 14.1. The molecule has 0 aliphatic rings. The van der Waals surface area contributed by atoms with Gasteiger partial charge in [0, 0.05) is 4.47 Å². The highest BCUT2D eigenvalue weighted by Crippen LogP contribution is 2.26. The molecule has 0 unspecified atom stereocenters. The van der Waals surface area contributed by atoms with Gasteiger partial charge >= 0.3 is 0 Å². The molecule has 0 aliphatic carbocycles. The van der Waals surface area contributed by atoms with Crippen molar-refractivity contribution in [3.63, 3.8) is 0 Å². The number of aryl methyl sites for hydroxylation is 1. The zero-order valence-corrected chi connectivity index (χ0v) is 22.8. The summed E-state index contributed by atoms with van der Waals surface area (Å²) in [5.74, 6) is 0.899. The number of sulfonamides is 1. The van der Waals surface area contributed by atoms with Gasteiger partial charge in [-0.2, -0.15) is 0 Å². The lowest BCUT2D eigenvalue weighted by Crippen LogP contribution is -2.41. The Morgan fingerprint density at radius 1 is 0.889 bits per heavy atom. The van der Waals surface area contributed by atoms with Gasteiger partial charge in [0.1, 0.15) is 24.7 Å². The number of carbonyl (C=O) groups excluding carboxylic acids is 1. The van der Waals surface area contributed by atoms with E-state index in [1.165, 1.54) is 17.7 Å². The topological polar surface area (TPSA) is 84.9 Å². The molecule has 0 radical (unpaired) electrons. The molecule has 3 rings (SSSR count). The number of hydrogen-bond donors (Lipinski definition) is 1. The molecule has 3 aromatic carbocycles. The quantitative estimate of drug-likeness (QED) is 0.284. The standard InChI is InChI=1S/C27H31BrN2O5S/c1-3-5-21-6-12-25(13-7-21)35-19-18-29-27(31)20-30(23-10-14-24(15-11-23)34-4-2)36(32,33)26-16-8-22(28)9-17-26/h6-17H,3-5,18-20H2,1-2H3,(H,29,31). The van der Waals surface area contributed by atoms with Crippen LogP contribution in [0.5, 0.6) is 11.5 Å². The molecule has 0 atom stereocenters. The summed E-state index contributed by atoms with van der Waals surface area (Å²) in [5.41, 5.74) is 1.61. The van der Waals surface area contributed by atoms with Crippen molar-refractivity contribution in [2.24, 2.45) is 0 Å². The van der Waals surface area contributed by atoms with E-state index >= 15 is 0 Å². The maximum Gasteiger partial charge on any atom is 0.264 e. The predicted molar refractivity (Wildman–Crippen MR) is 145 cm³/mol. The van der Waals surface area contributed by atoms with Gasteiger partial charge in [-0.3, -0.25) is 9.10 Å². The maximum absolute atomic E-state index is 13.5. The van der Waals surface area contributed by atoms with Crippen molar-refractivity contribution < 1.29 is 22.7 Å². The molecule has 0 fully saturated rings. The van der Waals surface area contributed by atoms with E-state index in [1.807, 2.05) is 31.2 Å². The average molecular weight is 576 g/mol. The molecule has 0 bridgehead atoms. The highest BCUT2D eigenvalue weighted by Gasteiger charge is 2.27. The van der Waals surface area contributed by atoms with Crippen LogP contribution in [0.3, 0.4) is 0 Å². The first-order chi connectivity index (χ1) is 17.3. The Bertz CT molecular complexity index is 1210. The Hall–Kier alpha value is -3.04. The Morgan fingerprint density at radius 2 is 1.50 bits per heavy atom. The molecule has 1 N–H and O–H groups in total. The Labute approximate surface area is 221 Å². The number of anilines is 1. The van der Waals surface area contributed by atoms with Crippen LogP contribution < -0.4 is 19.1 Å². The van der Waals surface area contributed by atoms with E-state index in [-0.39, 0.29) is 24.6 Å². The molecule has 9 heteroatoms. The van der Waals surface area contributed by atoms with Crippen molar-refractivity contribution in [2.75, 3.05) is 30.6 Å². The number of hydrogen-bond acceptors (Lipinski definition) is 5. The van der Waals surface area contributed by atoms with Gasteiger partial charge in [0.15, 0.2) is 0 Å². The van der Waals surface area contributed by atoms with E-state index in [9.17, 15) is 13.2 Å². The molecule has 7 nitrogen and oxygen atoms in total. The highest BCUT2D eigenvalue weighted by molar-refractivity contribution is 9.10. The monoisotopic (exact) mass is 574 g/mol. The first-order valence-electron chi connectivity index (χ1n) is 11.8. The van der Waals surface area contributed by atoms with Gasteiger partial charge in [0.05, 0.1) is 23.7 Å². The third-order valence-electron chi connectivity index (χ3n) is 5.28. The van der Waals surface area contributed by atoms with Crippen molar-refractivity contribution in [3.05, 3.63) is 82.8 Å². The van der Waals surface area contributed by atoms with E-state index in [0.717, 1.165) is 27.4 Å². The van der Waals surface area contributed by atoms with E-state index in [1.54, 1.807) is 36.4 Å². The Kier molecular flexibility index (Phi) is 10.2. The summed E-state index contributed by atoms with van der Waals surface area (Å²) in [6.07, 6.45) is 2.10. The lowest BCUT2D eigenvalue weighted by atomic mass is 10.1. The highest BCUT2D eigenvalue weighted by atomic mass is 79.9. The fourth-order valence-electron chi connectivity index (χ4n) is 3.51. The number of carbonyl (C=O) groups is 1. The van der Waals surface area contributed by atoms with Gasteiger partial charge in [-0.15, -0.1) is 0 Å². The molecule has 0 saturated carbocycles. The molecule has 0 spiro atoms. The van der Waals surface area contributed by atoms with Crippen LogP contribution in [0, 0.1) is 0 Å². The molecule has 192 valence electrons. The molecular weight excluding hydrogens is 544 g/mol. The second-order valence-electron chi connectivity index (χ2n) is 7.98. The van der Waals surface area contributed by atoms with Crippen molar-refractivity contribution >= 4 is 37.5 Å². The minimum atomic E-state index is -3.99. The number of halogens is 1. The lowest BCUT2D eigenvalue weighted by molar-refractivity contribution is -0.119. The van der Waals surface area contributed by atoms with E-state index in [4.69, 9.17) is 9.47 Å². The van der Waals surface area contributed by atoms with Crippen LogP contribution in [-0.2, 0) is 21.2 Å². The normalized spacial score (nSPS) is 11.1. The number of rotatable bonds is 13. The summed E-state index contributed by atoms with van der Waals surface area (Å²) in [6.45, 7) is 4.63. The van der Waals surface area contributed by atoms with Crippen molar-refractivity contribution in [2.45, 2.75) is 31.6 Å². The van der Waals surface area contributed by atoms with Crippen LogP contribution in [0.2, 0.25) is 0 Å². The summed E-state index contributed by atoms with van der Waals surface area (Å²) in [6, 6.07) is 20.8. The predicted octanol–water partition coefficient (Wildman–Crippen LogP) is 5.19. The number of nitrogens with one attached hydrogen (secondary N) is 1. The Balaban J connectivity index is 1.67. The number of amides is 1. The largest absolute Gasteiger partial charge is 0.494 e. The van der Waals surface area contributed by atoms with Crippen LogP contribution in [0.25, 0.3) is 0 Å². The van der Waals surface area contributed by atoms with Gasteiger partial charge in [-0.25, -0.2) is 8.42 Å². The summed E-state index contributed by atoms with van der Waals surface area (Å²) in [4.78, 5) is 12.8. The first kappa shape index (κ1) is 27.5. The summed E-state index contributed by atoms with van der Waals surface area (Å²) in [7, 11) is -3.99. The van der Waals surface area contributed by atoms with Crippen molar-refractivity contribution in [1.82, 2.24) is 5.32 Å². The lowest BCUT2D eigenvalue weighted by Gasteiger charge is -2.24.